The Morgan fingerprint density at radius 2 is 1.47 bits per heavy atom. The number of fused-ring (bicyclic) bond motifs is 1. The highest BCUT2D eigenvalue weighted by Crippen LogP contribution is 2.39. The number of nitrogens with zero attached hydrogens (tertiary/aromatic N) is 2. The van der Waals surface area contributed by atoms with E-state index in [1.54, 1.807) is 66.1 Å². The molecule has 6 rings (SSSR count). The summed E-state index contributed by atoms with van der Waals surface area (Å²) in [6.07, 6.45) is 1.40. The number of ketones is 1. The van der Waals surface area contributed by atoms with Crippen LogP contribution < -0.4 is 10.2 Å². The smallest absolute Gasteiger partial charge is 0.232 e. The van der Waals surface area contributed by atoms with Crippen LogP contribution >= 0.6 is 11.3 Å². The predicted molar refractivity (Wildman–Crippen MR) is 192 cm³/mol. The Hall–Kier alpha value is -4.97. The van der Waals surface area contributed by atoms with Gasteiger partial charge in [-0.05, 0) is 54.9 Å². The van der Waals surface area contributed by atoms with Crippen LogP contribution in [0.1, 0.15) is 39.5 Å². The van der Waals surface area contributed by atoms with Crippen molar-refractivity contribution in [3.63, 3.8) is 0 Å². The van der Waals surface area contributed by atoms with E-state index < -0.39 is 32.9 Å². The minimum absolute atomic E-state index is 0.0815. The van der Waals surface area contributed by atoms with Gasteiger partial charge in [-0.15, -0.1) is 11.3 Å². The Morgan fingerprint density at radius 1 is 0.837 bits per heavy atom. The number of anilines is 1. The van der Waals surface area contributed by atoms with Crippen LogP contribution in [0.25, 0.3) is 20.7 Å². The van der Waals surface area contributed by atoms with Gasteiger partial charge in [-0.1, -0.05) is 78.9 Å². The van der Waals surface area contributed by atoms with Gasteiger partial charge in [-0.3, -0.25) is 19.2 Å². The Morgan fingerprint density at radius 3 is 2.10 bits per heavy atom. The summed E-state index contributed by atoms with van der Waals surface area (Å²) in [5.41, 5.74) is 2.33. The molecule has 0 unspecified atom stereocenters. The molecule has 0 saturated carbocycles. The Labute approximate surface area is 287 Å². The maximum atomic E-state index is 15.0. The van der Waals surface area contributed by atoms with Gasteiger partial charge in [0.05, 0.1) is 23.2 Å². The number of carbonyl (C=O) groups excluding carboxylic acids is 1. The molecule has 0 amide bonds. The SMILES string of the molecule is CCS(=O)(=O)Nc1ccc(-c2sc3c(c2CN(C)Cc2ccccc2)c(=O)c(C(=O)c2ccccc2)cn3Cc2c(F)cccc2F)cc1. The fourth-order valence-corrected chi connectivity index (χ4v) is 7.65. The Bertz CT molecular complexity index is 2290. The summed E-state index contributed by atoms with van der Waals surface area (Å²) in [6.45, 7) is 2.15. The standard InChI is InChI=1S/C38H33F2N3O4S2/c1-3-49(46,47)41-28-19-17-27(18-20-28)37-30(22-42(2)21-25-11-6-4-7-12-25)34-36(45)31(35(44)26-13-8-5-9-14-26)24-43(38(34)48-37)23-29-32(39)15-10-16-33(29)40/h4-20,24,41H,3,21-23H2,1-2H3. The minimum atomic E-state index is -3.50. The molecule has 7 nitrogen and oxygen atoms in total. The molecule has 0 aliphatic rings. The largest absolute Gasteiger partial charge is 0.334 e. The summed E-state index contributed by atoms with van der Waals surface area (Å²) in [5, 5.41) is 0.286. The second-order valence-corrected chi connectivity index (χ2v) is 14.7. The summed E-state index contributed by atoms with van der Waals surface area (Å²) in [5.74, 6) is -2.07. The highest BCUT2D eigenvalue weighted by Gasteiger charge is 2.26. The first-order valence-electron chi connectivity index (χ1n) is 15.6. The van der Waals surface area contributed by atoms with E-state index in [9.17, 15) is 18.0 Å². The van der Waals surface area contributed by atoms with Gasteiger partial charge >= 0.3 is 0 Å². The summed E-state index contributed by atoms with van der Waals surface area (Å²) < 4.78 is 58.5. The van der Waals surface area contributed by atoms with Crippen molar-refractivity contribution < 1.29 is 22.0 Å². The maximum Gasteiger partial charge on any atom is 0.232 e. The number of rotatable bonds is 12. The van der Waals surface area contributed by atoms with Gasteiger partial charge in [0.25, 0.3) is 0 Å². The van der Waals surface area contributed by atoms with Crippen molar-refractivity contribution in [1.29, 1.82) is 0 Å². The van der Waals surface area contributed by atoms with Gasteiger partial charge in [-0.2, -0.15) is 0 Å². The van der Waals surface area contributed by atoms with Crippen LogP contribution in [0.5, 0.6) is 0 Å². The summed E-state index contributed by atoms with van der Waals surface area (Å²) in [7, 11) is -1.57. The summed E-state index contributed by atoms with van der Waals surface area (Å²) in [4.78, 5) is 31.5. The molecular weight excluding hydrogens is 665 g/mol. The molecule has 0 aliphatic carbocycles. The molecule has 4 aromatic carbocycles. The van der Waals surface area contributed by atoms with E-state index >= 15 is 8.78 Å². The van der Waals surface area contributed by atoms with Crippen molar-refractivity contribution >= 4 is 43.0 Å². The molecule has 49 heavy (non-hydrogen) atoms. The highest BCUT2D eigenvalue weighted by molar-refractivity contribution is 7.92. The molecule has 1 N–H and O–H groups in total. The average molecular weight is 698 g/mol. The van der Waals surface area contributed by atoms with Crippen molar-refractivity contribution in [1.82, 2.24) is 9.47 Å². The van der Waals surface area contributed by atoms with Gasteiger partial charge < -0.3 is 4.57 Å². The zero-order valence-corrected chi connectivity index (χ0v) is 28.5. The third-order valence-corrected chi connectivity index (χ3v) is 10.8. The van der Waals surface area contributed by atoms with E-state index in [2.05, 4.69) is 9.62 Å². The number of sulfonamides is 1. The third-order valence-electron chi connectivity index (χ3n) is 8.20. The molecule has 0 spiro atoms. The topological polar surface area (TPSA) is 88.5 Å². The first-order valence-corrected chi connectivity index (χ1v) is 18.1. The van der Waals surface area contributed by atoms with Gasteiger partial charge in [0, 0.05) is 41.0 Å². The second kappa shape index (κ2) is 14.3. The van der Waals surface area contributed by atoms with Crippen LogP contribution in [0.4, 0.5) is 14.5 Å². The fourth-order valence-electron chi connectivity index (χ4n) is 5.72. The predicted octanol–water partition coefficient (Wildman–Crippen LogP) is 7.68. The lowest BCUT2D eigenvalue weighted by Crippen LogP contribution is -2.22. The molecule has 2 heterocycles. The number of hydrogen-bond acceptors (Lipinski definition) is 6. The Balaban J connectivity index is 1.57. The number of aromatic nitrogens is 1. The number of thiophene rings is 1. The normalized spacial score (nSPS) is 11.7. The van der Waals surface area contributed by atoms with Crippen molar-refractivity contribution in [3.05, 3.63) is 159 Å². The molecule has 2 aromatic heterocycles. The van der Waals surface area contributed by atoms with Crippen LogP contribution in [0.3, 0.4) is 0 Å². The molecule has 0 saturated heterocycles. The zero-order chi connectivity index (χ0) is 34.7. The number of carbonyl (C=O) groups is 1. The van der Waals surface area contributed by atoms with Gasteiger partial charge in [-0.25, -0.2) is 17.2 Å². The molecule has 0 aliphatic heterocycles. The van der Waals surface area contributed by atoms with Crippen molar-refractivity contribution in [2.45, 2.75) is 26.6 Å². The molecule has 0 radical (unpaired) electrons. The van der Waals surface area contributed by atoms with Crippen LogP contribution in [-0.2, 0) is 29.7 Å². The number of nitrogens with one attached hydrogen (secondary N) is 1. The molecular formula is C38H33F2N3O4S2. The van der Waals surface area contributed by atoms with Gasteiger partial charge in [0.2, 0.25) is 15.5 Å². The van der Waals surface area contributed by atoms with E-state index in [4.69, 9.17) is 0 Å². The lowest BCUT2D eigenvalue weighted by atomic mass is 10.00. The summed E-state index contributed by atoms with van der Waals surface area (Å²) >= 11 is 1.28. The third kappa shape index (κ3) is 7.39. The van der Waals surface area contributed by atoms with Crippen LogP contribution in [0.2, 0.25) is 0 Å². The van der Waals surface area contributed by atoms with Gasteiger partial charge in [0.15, 0.2) is 5.78 Å². The van der Waals surface area contributed by atoms with E-state index in [-0.39, 0.29) is 28.8 Å². The molecule has 0 fully saturated rings. The number of halogens is 2. The quantitative estimate of drug-likeness (QED) is 0.133. The van der Waals surface area contributed by atoms with E-state index in [1.165, 1.54) is 35.7 Å². The lowest BCUT2D eigenvalue weighted by molar-refractivity contribution is 0.103. The fraction of sp³-hybridized carbons (Fsp3) is 0.158. The lowest BCUT2D eigenvalue weighted by Gasteiger charge is -2.18. The maximum absolute atomic E-state index is 15.0. The summed E-state index contributed by atoms with van der Waals surface area (Å²) in [6, 6.07) is 28.7. The second-order valence-electron chi connectivity index (χ2n) is 11.7. The van der Waals surface area contributed by atoms with Gasteiger partial charge in [0.1, 0.15) is 16.5 Å². The zero-order valence-electron chi connectivity index (χ0n) is 26.8. The number of pyridine rings is 1. The first-order chi connectivity index (χ1) is 23.5. The monoisotopic (exact) mass is 697 g/mol. The van der Waals surface area contributed by atoms with E-state index in [0.717, 1.165) is 5.56 Å². The van der Waals surface area contributed by atoms with Crippen LogP contribution in [0, 0.1) is 11.6 Å². The number of hydrogen-bond donors (Lipinski definition) is 1. The first kappa shape index (κ1) is 33.9. The van der Waals surface area contributed by atoms with Crippen LogP contribution in [-0.4, -0.2) is 36.5 Å². The van der Waals surface area contributed by atoms with Crippen molar-refractivity contribution in [2.75, 3.05) is 17.5 Å². The molecule has 0 atom stereocenters. The number of benzene rings is 4. The highest BCUT2D eigenvalue weighted by atomic mass is 32.2. The molecule has 0 bridgehead atoms. The minimum Gasteiger partial charge on any atom is -0.334 e. The molecule has 250 valence electrons. The van der Waals surface area contributed by atoms with E-state index in [1.807, 2.05) is 37.4 Å². The average Bonchev–Trinajstić information content (AvgIpc) is 3.47. The van der Waals surface area contributed by atoms with Crippen molar-refractivity contribution in [2.24, 2.45) is 0 Å². The molecule has 11 heteroatoms. The Kier molecular flexibility index (Phi) is 9.86. The van der Waals surface area contributed by atoms with Crippen molar-refractivity contribution in [3.8, 4) is 10.4 Å². The van der Waals surface area contributed by atoms with E-state index in [0.29, 0.717) is 45.2 Å². The molecule has 6 aromatic rings. The van der Waals surface area contributed by atoms with Crippen LogP contribution in [0.15, 0.2) is 114 Å².